The number of anilines is 3. The topological polar surface area (TPSA) is 21.3 Å². The number of para-hydroxylation sites is 3. The SMILES string of the molecule is c1cc(-c2ccc(N(c3ccccc3-c3ccc4oc5c6ccccc6ccc5c4c3)c3cc4ccccc4c4ccccc34)cc2)cc(-n2c3ccccc3c3ccccc32)c1. The lowest BCUT2D eigenvalue weighted by Crippen LogP contribution is -2.12. The summed E-state index contributed by atoms with van der Waals surface area (Å²) in [4.78, 5) is 2.45. The molecule has 0 aliphatic heterocycles. The van der Waals surface area contributed by atoms with Crippen LogP contribution in [0.4, 0.5) is 17.1 Å². The third kappa shape index (κ3) is 5.60. The Morgan fingerprint density at radius 2 is 0.968 bits per heavy atom. The largest absolute Gasteiger partial charge is 0.455 e. The summed E-state index contributed by atoms with van der Waals surface area (Å²) in [7, 11) is 0. The highest BCUT2D eigenvalue weighted by Gasteiger charge is 2.22. The van der Waals surface area contributed by atoms with E-state index in [4.69, 9.17) is 4.42 Å². The van der Waals surface area contributed by atoms with Gasteiger partial charge in [0.25, 0.3) is 0 Å². The molecular formula is C60H38N2O. The lowest BCUT2D eigenvalue weighted by atomic mass is 9.96. The first kappa shape index (κ1) is 35.4. The summed E-state index contributed by atoms with van der Waals surface area (Å²) in [5.74, 6) is 0. The predicted octanol–water partition coefficient (Wildman–Crippen LogP) is 16.9. The molecule has 0 radical (unpaired) electrons. The number of hydrogen-bond acceptors (Lipinski definition) is 2. The highest BCUT2D eigenvalue weighted by Crippen LogP contribution is 2.47. The molecule has 0 bridgehead atoms. The Morgan fingerprint density at radius 1 is 0.333 bits per heavy atom. The fourth-order valence-corrected chi connectivity index (χ4v) is 10.0. The van der Waals surface area contributed by atoms with Crippen LogP contribution < -0.4 is 4.90 Å². The molecule has 0 amide bonds. The van der Waals surface area contributed by atoms with E-state index in [1.807, 2.05) is 0 Å². The second kappa shape index (κ2) is 14.1. The molecule has 63 heavy (non-hydrogen) atoms. The molecule has 0 atom stereocenters. The number of aromatic nitrogens is 1. The summed E-state index contributed by atoms with van der Waals surface area (Å²) in [6.45, 7) is 0. The Labute approximate surface area is 363 Å². The molecule has 3 nitrogen and oxygen atoms in total. The van der Waals surface area contributed by atoms with Gasteiger partial charge in [0, 0.05) is 49.3 Å². The zero-order valence-corrected chi connectivity index (χ0v) is 34.2. The zero-order chi connectivity index (χ0) is 41.4. The van der Waals surface area contributed by atoms with E-state index in [2.05, 4.69) is 240 Å². The highest BCUT2D eigenvalue weighted by atomic mass is 16.3. The van der Waals surface area contributed by atoms with Crippen molar-refractivity contribution in [3.63, 3.8) is 0 Å². The van der Waals surface area contributed by atoms with Gasteiger partial charge in [0.1, 0.15) is 11.2 Å². The third-order valence-corrected chi connectivity index (χ3v) is 12.9. The molecule has 11 aromatic carbocycles. The summed E-state index contributed by atoms with van der Waals surface area (Å²) in [5.41, 5.74) is 13.2. The second-order valence-electron chi connectivity index (χ2n) is 16.5. The van der Waals surface area contributed by atoms with Crippen LogP contribution in [-0.2, 0) is 0 Å². The van der Waals surface area contributed by atoms with Gasteiger partial charge in [0.15, 0.2) is 0 Å². The standard InChI is InChI=1S/C60H38N2O/c1-4-20-48-40(14-1)30-34-53-54-37-43(31-35-59(54)63-60(48)53)47-19-7-10-25-55(47)61(58-38-42-15-2-3-18-46(42)49-21-5-6-22-50(49)58)44-32-28-39(29-33-44)41-16-13-17-45(36-41)62-56-26-11-8-23-51(56)52-24-9-12-27-57(52)62/h1-38H. The molecule has 2 heterocycles. The van der Waals surface area contributed by atoms with Gasteiger partial charge in [-0.05, 0) is 105 Å². The van der Waals surface area contributed by atoms with E-state index < -0.39 is 0 Å². The van der Waals surface area contributed by atoms with Gasteiger partial charge in [-0.1, -0.05) is 164 Å². The Hall–Kier alpha value is -8.40. The van der Waals surface area contributed by atoms with E-state index in [1.54, 1.807) is 0 Å². The quantitative estimate of drug-likeness (QED) is 0.156. The third-order valence-electron chi connectivity index (χ3n) is 12.9. The van der Waals surface area contributed by atoms with Crippen LogP contribution in [0.3, 0.4) is 0 Å². The summed E-state index contributed by atoms with van der Waals surface area (Å²) >= 11 is 0. The zero-order valence-electron chi connectivity index (χ0n) is 34.2. The molecule has 0 aliphatic rings. The van der Waals surface area contributed by atoms with Crippen molar-refractivity contribution in [1.29, 1.82) is 0 Å². The van der Waals surface area contributed by atoms with Crippen molar-refractivity contribution >= 4 is 93.1 Å². The number of nitrogens with zero attached hydrogens (tertiary/aromatic N) is 2. The molecule has 0 saturated carbocycles. The molecule has 2 aromatic heterocycles. The van der Waals surface area contributed by atoms with E-state index >= 15 is 0 Å². The van der Waals surface area contributed by atoms with Gasteiger partial charge in [-0.2, -0.15) is 0 Å². The van der Waals surface area contributed by atoms with Crippen LogP contribution in [0.2, 0.25) is 0 Å². The van der Waals surface area contributed by atoms with Gasteiger partial charge in [-0.3, -0.25) is 0 Å². The number of hydrogen-bond donors (Lipinski definition) is 0. The van der Waals surface area contributed by atoms with Crippen molar-refractivity contribution in [3.05, 3.63) is 231 Å². The molecular weight excluding hydrogens is 765 g/mol. The van der Waals surface area contributed by atoms with Crippen LogP contribution in [0.1, 0.15) is 0 Å². The first-order valence-electron chi connectivity index (χ1n) is 21.6. The van der Waals surface area contributed by atoms with Crippen molar-refractivity contribution < 1.29 is 4.42 Å². The van der Waals surface area contributed by atoms with Crippen LogP contribution in [0.15, 0.2) is 235 Å². The van der Waals surface area contributed by atoms with Crippen LogP contribution in [-0.4, -0.2) is 4.57 Å². The van der Waals surface area contributed by atoms with E-state index in [9.17, 15) is 0 Å². The fraction of sp³-hybridized carbons (Fsp3) is 0. The molecule has 0 fully saturated rings. The van der Waals surface area contributed by atoms with E-state index in [1.165, 1.54) is 48.7 Å². The first-order chi connectivity index (χ1) is 31.2. The molecule has 0 unspecified atom stereocenters. The van der Waals surface area contributed by atoms with E-state index in [0.29, 0.717) is 0 Å². The van der Waals surface area contributed by atoms with Crippen LogP contribution in [0, 0.1) is 0 Å². The maximum atomic E-state index is 6.56. The Balaban J connectivity index is 0.982. The molecule has 13 aromatic rings. The van der Waals surface area contributed by atoms with Gasteiger partial charge in [-0.25, -0.2) is 0 Å². The van der Waals surface area contributed by atoms with Crippen molar-refractivity contribution in [1.82, 2.24) is 4.57 Å². The van der Waals surface area contributed by atoms with Crippen molar-refractivity contribution in [2.45, 2.75) is 0 Å². The summed E-state index contributed by atoms with van der Waals surface area (Å²) < 4.78 is 8.95. The minimum Gasteiger partial charge on any atom is -0.455 e. The lowest BCUT2D eigenvalue weighted by Gasteiger charge is -2.29. The van der Waals surface area contributed by atoms with Gasteiger partial charge in [0.05, 0.1) is 22.4 Å². The Morgan fingerprint density at radius 3 is 1.76 bits per heavy atom. The minimum atomic E-state index is 0.887. The van der Waals surface area contributed by atoms with Crippen LogP contribution >= 0.6 is 0 Å². The molecule has 0 saturated heterocycles. The summed E-state index contributed by atoms with van der Waals surface area (Å²) in [6.07, 6.45) is 0. The average Bonchev–Trinajstić information content (AvgIpc) is 3.90. The second-order valence-corrected chi connectivity index (χ2v) is 16.5. The molecule has 0 N–H and O–H groups in total. The molecule has 3 heteroatoms. The number of furan rings is 1. The Bertz CT molecular complexity index is 3870. The van der Waals surface area contributed by atoms with Crippen LogP contribution in [0.5, 0.6) is 0 Å². The molecule has 0 spiro atoms. The Kier molecular flexibility index (Phi) is 7.91. The van der Waals surface area contributed by atoms with Crippen LogP contribution in [0.25, 0.3) is 104 Å². The van der Waals surface area contributed by atoms with Gasteiger partial charge < -0.3 is 13.9 Å². The van der Waals surface area contributed by atoms with Crippen molar-refractivity contribution in [2.24, 2.45) is 0 Å². The minimum absolute atomic E-state index is 0.887. The van der Waals surface area contributed by atoms with E-state index in [0.717, 1.165) is 72.3 Å². The molecule has 294 valence electrons. The lowest BCUT2D eigenvalue weighted by molar-refractivity contribution is 0.672. The number of fused-ring (bicyclic) bond motifs is 11. The van der Waals surface area contributed by atoms with Gasteiger partial charge >= 0.3 is 0 Å². The number of benzene rings is 11. The number of rotatable bonds is 6. The monoisotopic (exact) mass is 802 g/mol. The normalized spacial score (nSPS) is 11.8. The maximum Gasteiger partial charge on any atom is 0.143 e. The molecule has 0 aliphatic carbocycles. The summed E-state index contributed by atoms with van der Waals surface area (Å²) in [6, 6.07) is 83.6. The predicted molar refractivity (Wildman–Crippen MR) is 266 cm³/mol. The maximum absolute atomic E-state index is 6.56. The van der Waals surface area contributed by atoms with E-state index in [-0.39, 0.29) is 0 Å². The smallest absolute Gasteiger partial charge is 0.143 e. The van der Waals surface area contributed by atoms with Gasteiger partial charge in [0.2, 0.25) is 0 Å². The van der Waals surface area contributed by atoms with Crippen molar-refractivity contribution in [3.8, 4) is 27.9 Å². The van der Waals surface area contributed by atoms with Crippen molar-refractivity contribution in [2.75, 3.05) is 4.90 Å². The summed E-state index contributed by atoms with van der Waals surface area (Å²) in [5, 5.41) is 11.9. The average molecular weight is 803 g/mol. The fourth-order valence-electron chi connectivity index (χ4n) is 10.0. The van der Waals surface area contributed by atoms with Gasteiger partial charge in [-0.15, -0.1) is 0 Å². The molecule has 13 rings (SSSR count). The first-order valence-corrected chi connectivity index (χ1v) is 21.6. The highest BCUT2D eigenvalue weighted by molar-refractivity contribution is 6.17.